The molecule has 0 unspecified atom stereocenters. The van der Waals surface area contributed by atoms with Gasteiger partial charge < -0.3 is 14.9 Å². The van der Waals surface area contributed by atoms with E-state index in [-0.39, 0.29) is 11.4 Å². The summed E-state index contributed by atoms with van der Waals surface area (Å²) in [5.41, 5.74) is 0.184. The van der Waals surface area contributed by atoms with Crippen molar-refractivity contribution in [2.75, 3.05) is 0 Å². The van der Waals surface area contributed by atoms with Crippen LogP contribution in [0.5, 0.6) is 16.6 Å². The van der Waals surface area contributed by atoms with Crippen LogP contribution in [0.15, 0.2) is 35.7 Å². The number of aryl methyl sites for hydroxylation is 1. The Morgan fingerprint density at radius 2 is 2.10 bits per heavy atom. The van der Waals surface area contributed by atoms with Gasteiger partial charge in [-0.15, -0.1) is 11.3 Å². The van der Waals surface area contributed by atoms with Crippen LogP contribution in [0.4, 0.5) is 0 Å². The number of carboxylic acids is 1. The molecule has 0 radical (unpaired) electrons. The third-order valence-corrected chi connectivity index (χ3v) is 3.80. The Morgan fingerprint density at radius 1 is 1.29 bits per heavy atom. The van der Waals surface area contributed by atoms with Crippen LogP contribution in [0.3, 0.4) is 0 Å². The number of pyridine rings is 1. The van der Waals surface area contributed by atoms with E-state index < -0.39 is 5.97 Å². The first-order valence-corrected chi connectivity index (χ1v) is 7.02. The van der Waals surface area contributed by atoms with Gasteiger partial charge in [-0.2, -0.15) is 0 Å². The summed E-state index contributed by atoms with van der Waals surface area (Å²) in [5, 5.41) is 22.8. The number of carbonyl (C=O) groups is 1. The van der Waals surface area contributed by atoms with E-state index in [0.717, 1.165) is 5.06 Å². The Morgan fingerprint density at radius 3 is 2.76 bits per heavy atom. The quantitative estimate of drug-likeness (QED) is 0.769. The minimum Gasteiger partial charge on any atom is -0.505 e. The van der Waals surface area contributed by atoms with Crippen LogP contribution in [0.1, 0.15) is 16.2 Å². The molecule has 3 rings (SSSR count). The molecule has 6 heteroatoms. The number of hydrogen-bond donors (Lipinski definition) is 2. The summed E-state index contributed by atoms with van der Waals surface area (Å²) in [6.45, 7) is 1.70. The van der Waals surface area contributed by atoms with Crippen molar-refractivity contribution in [3.8, 4) is 16.6 Å². The highest BCUT2D eigenvalue weighted by molar-refractivity contribution is 7.11. The van der Waals surface area contributed by atoms with Gasteiger partial charge in [0.1, 0.15) is 5.75 Å². The van der Waals surface area contributed by atoms with E-state index >= 15 is 0 Å². The van der Waals surface area contributed by atoms with E-state index in [1.165, 1.54) is 11.3 Å². The summed E-state index contributed by atoms with van der Waals surface area (Å²) in [6, 6.07) is 8.80. The van der Waals surface area contributed by atoms with E-state index in [4.69, 9.17) is 9.84 Å². The zero-order valence-corrected chi connectivity index (χ0v) is 11.8. The molecule has 5 nitrogen and oxygen atoms in total. The maximum absolute atomic E-state index is 11.1. The summed E-state index contributed by atoms with van der Waals surface area (Å²) in [7, 11) is 0. The van der Waals surface area contributed by atoms with Gasteiger partial charge in [-0.3, -0.25) is 0 Å². The molecule has 0 aliphatic rings. The van der Waals surface area contributed by atoms with Gasteiger partial charge in [-0.05, 0) is 42.6 Å². The number of ether oxygens (including phenoxy) is 1. The normalized spacial score (nSPS) is 10.7. The topological polar surface area (TPSA) is 79.7 Å². The number of nitrogens with zero attached hydrogens (tertiary/aromatic N) is 1. The first-order valence-electron chi connectivity index (χ1n) is 6.14. The van der Waals surface area contributed by atoms with Crippen molar-refractivity contribution < 1.29 is 19.7 Å². The smallest absolute Gasteiger partial charge is 0.358 e. The minimum atomic E-state index is -1.25. The number of fused-ring (bicyclic) bond motifs is 1. The van der Waals surface area contributed by atoms with E-state index in [9.17, 15) is 9.90 Å². The highest BCUT2D eigenvalue weighted by atomic mass is 32.1. The lowest BCUT2D eigenvalue weighted by molar-refractivity contribution is 0.0687. The van der Waals surface area contributed by atoms with Crippen molar-refractivity contribution in [1.29, 1.82) is 0 Å². The molecule has 106 valence electrons. The van der Waals surface area contributed by atoms with Crippen LogP contribution in [0.2, 0.25) is 0 Å². The minimum absolute atomic E-state index is 0.328. The third-order valence-electron chi connectivity index (χ3n) is 3.06. The number of carboxylic acid groups (broad SMARTS) is 1. The summed E-state index contributed by atoms with van der Waals surface area (Å²) >= 11 is 1.47. The molecule has 0 saturated heterocycles. The second-order valence-corrected chi connectivity index (χ2v) is 5.35. The summed E-state index contributed by atoms with van der Waals surface area (Å²) in [4.78, 5) is 15.0. The molecule has 21 heavy (non-hydrogen) atoms. The van der Waals surface area contributed by atoms with Gasteiger partial charge in [0, 0.05) is 16.5 Å². The lowest BCUT2D eigenvalue weighted by atomic mass is 10.1. The molecule has 0 aliphatic carbocycles. The van der Waals surface area contributed by atoms with Crippen molar-refractivity contribution >= 4 is 28.1 Å². The van der Waals surface area contributed by atoms with Crippen molar-refractivity contribution in [2.45, 2.75) is 6.92 Å². The number of benzene rings is 1. The average Bonchev–Trinajstić information content (AvgIpc) is 2.95. The largest absolute Gasteiger partial charge is 0.505 e. The maximum Gasteiger partial charge on any atom is 0.358 e. The lowest BCUT2D eigenvalue weighted by Crippen LogP contribution is -2.03. The van der Waals surface area contributed by atoms with Gasteiger partial charge in [0.25, 0.3) is 0 Å². The summed E-state index contributed by atoms with van der Waals surface area (Å²) in [6.07, 6.45) is 0. The Hall–Kier alpha value is -2.60. The first-order chi connectivity index (χ1) is 10.1. The van der Waals surface area contributed by atoms with Gasteiger partial charge in [-0.1, -0.05) is 0 Å². The molecule has 0 atom stereocenters. The Balaban J connectivity index is 2.12. The van der Waals surface area contributed by atoms with Crippen molar-refractivity contribution in [3.05, 3.63) is 47.1 Å². The van der Waals surface area contributed by atoms with Crippen LogP contribution in [-0.2, 0) is 0 Å². The molecule has 0 aliphatic heterocycles. The molecule has 2 heterocycles. The van der Waals surface area contributed by atoms with Crippen molar-refractivity contribution in [3.63, 3.8) is 0 Å². The number of aromatic carboxylic acids is 1. The predicted octanol–water partition coefficient (Wildman–Crippen LogP) is 3.80. The molecule has 0 saturated carbocycles. The zero-order chi connectivity index (χ0) is 15.0. The van der Waals surface area contributed by atoms with Gasteiger partial charge in [-0.25, -0.2) is 9.78 Å². The molecular formula is C15H11NO4S. The summed E-state index contributed by atoms with van der Waals surface area (Å²) in [5.74, 6) is -0.973. The van der Waals surface area contributed by atoms with Gasteiger partial charge in [0.05, 0.1) is 0 Å². The highest BCUT2D eigenvalue weighted by Crippen LogP contribution is 2.34. The Bertz CT molecular complexity index is 827. The molecule has 0 fully saturated rings. The first kappa shape index (κ1) is 13.4. The fourth-order valence-electron chi connectivity index (χ4n) is 2.09. The molecule has 1 aromatic carbocycles. The third kappa shape index (κ3) is 2.41. The lowest BCUT2D eigenvalue weighted by Gasteiger charge is -2.09. The Kier molecular flexibility index (Phi) is 3.23. The standard InChI is InChI=1S/C15H11NO4S/c1-8-11-7-9(20-12-3-2-6-21-12)4-5-10(11)14(17)13(16-8)15(18)19/h2-7,17H,1H3,(H,18,19). The fraction of sp³-hybridized carbons (Fsp3) is 0.0667. The molecular weight excluding hydrogens is 290 g/mol. The molecule has 0 amide bonds. The molecule has 2 aromatic heterocycles. The van der Waals surface area contributed by atoms with Crippen LogP contribution in [0.25, 0.3) is 10.8 Å². The zero-order valence-electron chi connectivity index (χ0n) is 11.0. The van der Waals surface area contributed by atoms with Crippen LogP contribution in [-0.4, -0.2) is 21.2 Å². The van der Waals surface area contributed by atoms with Crippen molar-refractivity contribution in [1.82, 2.24) is 4.98 Å². The molecule has 0 spiro atoms. The number of aromatic nitrogens is 1. The van der Waals surface area contributed by atoms with Gasteiger partial charge >= 0.3 is 5.97 Å². The second kappa shape index (κ2) is 5.06. The molecule has 3 aromatic rings. The van der Waals surface area contributed by atoms with E-state index in [1.54, 1.807) is 25.1 Å². The maximum atomic E-state index is 11.1. The number of rotatable bonds is 3. The second-order valence-electron chi connectivity index (χ2n) is 4.44. The van der Waals surface area contributed by atoms with Crippen molar-refractivity contribution in [2.24, 2.45) is 0 Å². The van der Waals surface area contributed by atoms with E-state index in [1.807, 2.05) is 17.5 Å². The average molecular weight is 301 g/mol. The predicted molar refractivity (Wildman–Crippen MR) is 79.5 cm³/mol. The van der Waals surface area contributed by atoms with Gasteiger partial charge in [0.2, 0.25) is 0 Å². The SMILES string of the molecule is Cc1nc(C(=O)O)c(O)c2ccc(Oc3cccs3)cc12. The summed E-state index contributed by atoms with van der Waals surface area (Å²) < 4.78 is 5.69. The monoisotopic (exact) mass is 301 g/mol. The number of hydrogen-bond acceptors (Lipinski definition) is 5. The van der Waals surface area contributed by atoms with Crippen LogP contribution >= 0.6 is 11.3 Å². The van der Waals surface area contributed by atoms with Crippen LogP contribution < -0.4 is 4.74 Å². The van der Waals surface area contributed by atoms with Gasteiger partial charge in [0.15, 0.2) is 16.5 Å². The van der Waals surface area contributed by atoms with Crippen LogP contribution in [0, 0.1) is 6.92 Å². The van der Waals surface area contributed by atoms with E-state index in [2.05, 4.69) is 4.98 Å². The number of thiophene rings is 1. The number of aromatic hydroxyl groups is 1. The molecule has 2 N–H and O–H groups in total. The Labute approximate surface area is 124 Å². The van der Waals surface area contributed by atoms with E-state index in [0.29, 0.717) is 22.2 Å². The fourth-order valence-corrected chi connectivity index (χ4v) is 2.68. The highest BCUT2D eigenvalue weighted by Gasteiger charge is 2.17. The molecule has 0 bridgehead atoms.